The van der Waals surface area contributed by atoms with E-state index in [-0.39, 0.29) is 5.41 Å². The van der Waals surface area contributed by atoms with E-state index in [1.165, 1.54) is 32.1 Å². The van der Waals surface area contributed by atoms with Crippen LogP contribution in [0, 0.1) is 5.41 Å². The summed E-state index contributed by atoms with van der Waals surface area (Å²) in [7, 11) is 0. The molecule has 2 N–H and O–H groups in total. The van der Waals surface area contributed by atoms with Crippen molar-refractivity contribution in [3.05, 3.63) is 18.5 Å². The average molecular weight is 251 g/mol. The van der Waals surface area contributed by atoms with Crippen LogP contribution in [0.4, 0.5) is 0 Å². The maximum atomic E-state index is 9.59. The van der Waals surface area contributed by atoms with Gasteiger partial charge in [-0.3, -0.25) is 4.68 Å². The third-order valence-electron chi connectivity index (χ3n) is 4.05. The Labute approximate surface area is 109 Å². The summed E-state index contributed by atoms with van der Waals surface area (Å²) in [4.78, 5) is 0. The molecule has 1 aliphatic carbocycles. The number of aliphatic hydroxyl groups is 1. The van der Waals surface area contributed by atoms with E-state index < -0.39 is 0 Å². The molecular weight excluding hydrogens is 226 g/mol. The van der Waals surface area contributed by atoms with Gasteiger partial charge in [0.1, 0.15) is 0 Å². The van der Waals surface area contributed by atoms with E-state index in [9.17, 15) is 5.11 Å². The summed E-state index contributed by atoms with van der Waals surface area (Å²) in [6, 6.07) is 1.95. The number of nitrogens with zero attached hydrogens (tertiary/aromatic N) is 2. The van der Waals surface area contributed by atoms with Crippen LogP contribution in [0.3, 0.4) is 0 Å². The first-order valence-electron chi connectivity index (χ1n) is 7.14. The summed E-state index contributed by atoms with van der Waals surface area (Å²) >= 11 is 0. The molecule has 1 aliphatic rings. The molecule has 1 aromatic heterocycles. The van der Waals surface area contributed by atoms with Gasteiger partial charge in [0.25, 0.3) is 0 Å². The molecule has 1 fully saturated rings. The average Bonchev–Trinajstić information content (AvgIpc) is 2.93. The van der Waals surface area contributed by atoms with Crippen LogP contribution in [0.2, 0.25) is 0 Å². The van der Waals surface area contributed by atoms with Crippen LogP contribution in [-0.2, 0) is 6.54 Å². The second kappa shape index (κ2) is 6.90. The molecule has 0 saturated heterocycles. The highest BCUT2D eigenvalue weighted by atomic mass is 16.3. The molecule has 4 nitrogen and oxygen atoms in total. The lowest BCUT2D eigenvalue weighted by atomic mass is 9.74. The molecule has 2 rings (SSSR count). The van der Waals surface area contributed by atoms with Gasteiger partial charge in [-0.05, 0) is 31.9 Å². The predicted molar refractivity (Wildman–Crippen MR) is 72.3 cm³/mol. The van der Waals surface area contributed by atoms with Gasteiger partial charge in [0, 0.05) is 37.5 Å². The second-order valence-corrected chi connectivity index (χ2v) is 5.52. The van der Waals surface area contributed by atoms with Crippen molar-refractivity contribution in [3.8, 4) is 0 Å². The molecule has 0 aromatic carbocycles. The quantitative estimate of drug-likeness (QED) is 0.727. The monoisotopic (exact) mass is 251 g/mol. The molecule has 102 valence electrons. The van der Waals surface area contributed by atoms with Gasteiger partial charge < -0.3 is 10.4 Å². The lowest BCUT2D eigenvalue weighted by Gasteiger charge is -2.35. The normalized spacial score (nSPS) is 18.9. The topological polar surface area (TPSA) is 50.1 Å². The van der Waals surface area contributed by atoms with Crippen LogP contribution in [0.25, 0.3) is 0 Å². The molecule has 0 atom stereocenters. The van der Waals surface area contributed by atoms with Crippen molar-refractivity contribution in [1.29, 1.82) is 0 Å². The molecule has 18 heavy (non-hydrogen) atoms. The van der Waals surface area contributed by atoms with Gasteiger partial charge in [0.2, 0.25) is 0 Å². The van der Waals surface area contributed by atoms with Gasteiger partial charge in [-0.25, -0.2) is 0 Å². The first-order valence-corrected chi connectivity index (χ1v) is 7.14. The number of rotatable bonds is 7. The highest BCUT2D eigenvalue weighted by Gasteiger charge is 2.30. The Morgan fingerprint density at radius 3 is 2.78 bits per heavy atom. The maximum absolute atomic E-state index is 9.59. The van der Waals surface area contributed by atoms with E-state index in [1.54, 1.807) is 0 Å². The van der Waals surface area contributed by atoms with Gasteiger partial charge >= 0.3 is 0 Å². The third kappa shape index (κ3) is 3.82. The van der Waals surface area contributed by atoms with Crippen LogP contribution >= 0.6 is 0 Å². The number of aromatic nitrogens is 2. The minimum atomic E-state index is 0.157. The standard InChI is InChI=1S/C14H25N3O/c18-13-14(6-2-1-3-7-14)12-15-8-4-10-17-11-5-9-16-17/h5,9,11,15,18H,1-4,6-8,10,12-13H2. The van der Waals surface area contributed by atoms with Gasteiger partial charge in [-0.15, -0.1) is 0 Å². The Morgan fingerprint density at radius 2 is 2.11 bits per heavy atom. The number of hydrogen-bond acceptors (Lipinski definition) is 3. The van der Waals surface area contributed by atoms with Crippen molar-refractivity contribution in [1.82, 2.24) is 15.1 Å². The highest BCUT2D eigenvalue weighted by Crippen LogP contribution is 2.35. The first-order chi connectivity index (χ1) is 8.85. The lowest BCUT2D eigenvalue weighted by molar-refractivity contribution is 0.0814. The van der Waals surface area contributed by atoms with Crippen molar-refractivity contribution in [2.75, 3.05) is 19.7 Å². The predicted octanol–water partition coefficient (Wildman–Crippen LogP) is 1.81. The Kier molecular flexibility index (Phi) is 5.20. The molecule has 1 saturated carbocycles. The Morgan fingerprint density at radius 1 is 1.28 bits per heavy atom. The Hall–Kier alpha value is -0.870. The summed E-state index contributed by atoms with van der Waals surface area (Å²) < 4.78 is 1.96. The van der Waals surface area contributed by atoms with E-state index in [0.717, 1.165) is 26.1 Å². The zero-order valence-electron chi connectivity index (χ0n) is 11.1. The van der Waals surface area contributed by atoms with Gasteiger partial charge in [-0.1, -0.05) is 19.3 Å². The van der Waals surface area contributed by atoms with E-state index in [4.69, 9.17) is 0 Å². The van der Waals surface area contributed by atoms with Crippen LogP contribution < -0.4 is 5.32 Å². The molecule has 0 unspecified atom stereocenters. The minimum Gasteiger partial charge on any atom is -0.396 e. The minimum absolute atomic E-state index is 0.157. The van der Waals surface area contributed by atoms with Gasteiger partial charge in [-0.2, -0.15) is 5.10 Å². The maximum Gasteiger partial charge on any atom is 0.0499 e. The molecule has 0 bridgehead atoms. The smallest absolute Gasteiger partial charge is 0.0499 e. The Bertz CT molecular complexity index is 318. The number of aliphatic hydroxyl groups excluding tert-OH is 1. The van der Waals surface area contributed by atoms with Crippen molar-refractivity contribution in [2.45, 2.75) is 45.1 Å². The van der Waals surface area contributed by atoms with Crippen LogP contribution in [0.5, 0.6) is 0 Å². The van der Waals surface area contributed by atoms with Crippen molar-refractivity contribution in [2.24, 2.45) is 5.41 Å². The first kappa shape index (κ1) is 13.6. The second-order valence-electron chi connectivity index (χ2n) is 5.52. The highest BCUT2D eigenvalue weighted by molar-refractivity contribution is 4.84. The van der Waals surface area contributed by atoms with Crippen LogP contribution in [-0.4, -0.2) is 34.6 Å². The molecule has 0 aliphatic heterocycles. The molecule has 0 amide bonds. The summed E-state index contributed by atoms with van der Waals surface area (Å²) in [5, 5.41) is 17.3. The summed E-state index contributed by atoms with van der Waals surface area (Å²) in [5.74, 6) is 0. The van der Waals surface area contributed by atoms with E-state index in [2.05, 4.69) is 10.4 Å². The van der Waals surface area contributed by atoms with Crippen molar-refractivity contribution in [3.63, 3.8) is 0 Å². The van der Waals surface area contributed by atoms with Crippen molar-refractivity contribution < 1.29 is 5.11 Å². The largest absolute Gasteiger partial charge is 0.396 e. The fourth-order valence-electron chi connectivity index (χ4n) is 2.84. The molecule has 4 heteroatoms. The molecule has 0 spiro atoms. The number of hydrogen-bond donors (Lipinski definition) is 2. The lowest BCUT2D eigenvalue weighted by Crippen LogP contribution is -2.39. The fourth-order valence-corrected chi connectivity index (χ4v) is 2.84. The third-order valence-corrected chi connectivity index (χ3v) is 4.05. The molecule has 0 radical (unpaired) electrons. The molecular formula is C14H25N3O. The SMILES string of the molecule is OCC1(CNCCCn2cccn2)CCCCC1. The van der Waals surface area contributed by atoms with Gasteiger partial charge in [0.05, 0.1) is 0 Å². The van der Waals surface area contributed by atoms with E-state index in [0.29, 0.717) is 6.61 Å². The molecule has 1 heterocycles. The van der Waals surface area contributed by atoms with Crippen LogP contribution in [0.1, 0.15) is 38.5 Å². The summed E-state index contributed by atoms with van der Waals surface area (Å²) in [6.07, 6.45) is 11.1. The zero-order valence-corrected chi connectivity index (χ0v) is 11.1. The fraction of sp³-hybridized carbons (Fsp3) is 0.786. The number of aryl methyl sites for hydroxylation is 1. The van der Waals surface area contributed by atoms with Gasteiger partial charge in [0.15, 0.2) is 0 Å². The summed E-state index contributed by atoms with van der Waals surface area (Å²) in [6.45, 7) is 3.26. The Balaban J connectivity index is 1.61. The molecule has 1 aromatic rings. The number of nitrogens with one attached hydrogen (secondary N) is 1. The van der Waals surface area contributed by atoms with Crippen molar-refractivity contribution >= 4 is 0 Å². The zero-order chi connectivity index (χ0) is 12.7. The van der Waals surface area contributed by atoms with E-state index >= 15 is 0 Å². The summed E-state index contributed by atoms with van der Waals surface area (Å²) in [5.41, 5.74) is 0.157. The van der Waals surface area contributed by atoms with Crippen LogP contribution in [0.15, 0.2) is 18.5 Å². The van der Waals surface area contributed by atoms with E-state index in [1.807, 2.05) is 23.1 Å².